The van der Waals surface area contributed by atoms with Crippen LogP contribution < -0.4 is 5.32 Å². The number of aromatic nitrogens is 1. The van der Waals surface area contributed by atoms with E-state index in [4.69, 9.17) is 4.74 Å². The standard InChI is InChI=1S/C15H23N3O3/c1-15(2,3)21-14(20)18-8-6-11(10-18)17-9-13(19)12-5-4-7-16-12/h4-5,7,11,16-17H,6,8-10H2,1-3H3. The Kier molecular flexibility index (Phi) is 4.67. The van der Waals surface area contributed by atoms with Crippen LogP contribution in [-0.2, 0) is 4.74 Å². The number of hydrogen-bond donors (Lipinski definition) is 2. The molecule has 0 bridgehead atoms. The van der Waals surface area contributed by atoms with Gasteiger partial charge in [-0.05, 0) is 39.3 Å². The van der Waals surface area contributed by atoms with E-state index in [0.717, 1.165) is 6.42 Å². The van der Waals surface area contributed by atoms with Crippen LogP contribution in [0.25, 0.3) is 0 Å². The minimum atomic E-state index is -0.480. The Bertz CT molecular complexity index is 491. The van der Waals surface area contributed by atoms with Gasteiger partial charge in [-0.2, -0.15) is 0 Å². The second kappa shape index (κ2) is 6.30. The molecule has 0 spiro atoms. The van der Waals surface area contributed by atoms with Gasteiger partial charge in [0.2, 0.25) is 0 Å². The highest BCUT2D eigenvalue weighted by Crippen LogP contribution is 2.15. The van der Waals surface area contributed by atoms with Crippen LogP contribution in [0.5, 0.6) is 0 Å². The number of H-pyrrole nitrogens is 1. The lowest BCUT2D eigenvalue weighted by Crippen LogP contribution is -2.39. The zero-order valence-corrected chi connectivity index (χ0v) is 12.8. The molecule has 1 amide bonds. The fraction of sp³-hybridized carbons (Fsp3) is 0.600. The van der Waals surface area contributed by atoms with Crippen LogP contribution in [0.3, 0.4) is 0 Å². The molecule has 1 aromatic rings. The molecule has 6 heteroatoms. The van der Waals surface area contributed by atoms with E-state index in [-0.39, 0.29) is 24.5 Å². The second-order valence-electron chi connectivity index (χ2n) is 6.30. The lowest BCUT2D eigenvalue weighted by molar-refractivity contribution is 0.0291. The smallest absolute Gasteiger partial charge is 0.410 e. The van der Waals surface area contributed by atoms with Crippen molar-refractivity contribution in [1.29, 1.82) is 0 Å². The summed E-state index contributed by atoms with van der Waals surface area (Å²) in [5.41, 5.74) is 0.121. The predicted octanol–water partition coefficient (Wildman–Crippen LogP) is 1.80. The first-order chi connectivity index (χ1) is 9.85. The molecule has 1 aliphatic rings. The van der Waals surface area contributed by atoms with Gasteiger partial charge in [-0.3, -0.25) is 4.79 Å². The number of aromatic amines is 1. The highest BCUT2D eigenvalue weighted by molar-refractivity contribution is 5.95. The van der Waals surface area contributed by atoms with Gasteiger partial charge in [0.15, 0.2) is 5.78 Å². The molecular formula is C15H23N3O3. The van der Waals surface area contributed by atoms with Gasteiger partial charge in [0.25, 0.3) is 0 Å². The van der Waals surface area contributed by atoms with Crippen molar-refractivity contribution in [2.45, 2.75) is 38.8 Å². The highest BCUT2D eigenvalue weighted by atomic mass is 16.6. The fourth-order valence-corrected chi connectivity index (χ4v) is 2.26. The lowest BCUT2D eigenvalue weighted by atomic mass is 10.2. The molecule has 1 aromatic heterocycles. The maximum atomic E-state index is 11.9. The summed E-state index contributed by atoms with van der Waals surface area (Å²) in [7, 11) is 0. The summed E-state index contributed by atoms with van der Waals surface area (Å²) in [5, 5.41) is 3.20. The maximum absolute atomic E-state index is 11.9. The predicted molar refractivity (Wildman–Crippen MR) is 79.3 cm³/mol. The fourth-order valence-electron chi connectivity index (χ4n) is 2.26. The van der Waals surface area contributed by atoms with Crippen molar-refractivity contribution in [2.24, 2.45) is 0 Å². The third kappa shape index (κ3) is 4.60. The van der Waals surface area contributed by atoms with Crippen LogP contribution >= 0.6 is 0 Å². The second-order valence-corrected chi connectivity index (χ2v) is 6.30. The summed E-state index contributed by atoms with van der Waals surface area (Å²) in [6, 6.07) is 3.69. The third-order valence-electron chi connectivity index (χ3n) is 3.29. The molecule has 2 heterocycles. The minimum absolute atomic E-state index is 0.0238. The Morgan fingerprint density at radius 2 is 2.24 bits per heavy atom. The Balaban J connectivity index is 1.75. The van der Waals surface area contributed by atoms with E-state index >= 15 is 0 Å². The zero-order chi connectivity index (χ0) is 15.5. The van der Waals surface area contributed by atoms with Gasteiger partial charge < -0.3 is 19.9 Å². The summed E-state index contributed by atoms with van der Waals surface area (Å²) in [4.78, 5) is 28.4. The van der Waals surface area contributed by atoms with Crippen LogP contribution in [0.15, 0.2) is 18.3 Å². The molecule has 6 nitrogen and oxygen atoms in total. The molecule has 2 N–H and O–H groups in total. The molecule has 0 aliphatic carbocycles. The van der Waals surface area contributed by atoms with Gasteiger partial charge >= 0.3 is 6.09 Å². The van der Waals surface area contributed by atoms with E-state index in [9.17, 15) is 9.59 Å². The SMILES string of the molecule is CC(C)(C)OC(=O)N1CCC(NCC(=O)c2ccc[nH]2)C1. The number of nitrogens with one attached hydrogen (secondary N) is 2. The number of nitrogens with zero attached hydrogens (tertiary/aromatic N) is 1. The molecule has 1 unspecified atom stereocenters. The molecule has 1 fully saturated rings. The van der Waals surface area contributed by atoms with Gasteiger partial charge in [-0.1, -0.05) is 0 Å². The first kappa shape index (κ1) is 15.6. The van der Waals surface area contributed by atoms with Gasteiger partial charge in [0.05, 0.1) is 12.2 Å². The van der Waals surface area contributed by atoms with Crippen molar-refractivity contribution in [1.82, 2.24) is 15.2 Å². The van der Waals surface area contributed by atoms with Crippen LogP contribution in [0.4, 0.5) is 4.79 Å². The van der Waals surface area contributed by atoms with E-state index in [0.29, 0.717) is 18.8 Å². The Morgan fingerprint density at radius 3 is 2.86 bits per heavy atom. The average molecular weight is 293 g/mol. The monoisotopic (exact) mass is 293 g/mol. The summed E-state index contributed by atoms with van der Waals surface area (Å²) < 4.78 is 5.34. The number of amides is 1. The maximum Gasteiger partial charge on any atom is 0.410 e. The van der Waals surface area contributed by atoms with E-state index < -0.39 is 5.60 Å². The van der Waals surface area contributed by atoms with E-state index in [1.807, 2.05) is 20.8 Å². The van der Waals surface area contributed by atoms with E-state index in [1.165, 1.54) is 0 Å². The van der Waals surface area contributed by atoms with E-state index in [1.54, 1.807) is 23.2 Å². The summed E-state index contributed by atoms with van der Waals surface area (Å²) in [5.74, 6) is 0.0238. The summed E-state index contributed by atoms with van der Waals surface area (Å²) in [6.07, 6.45) is 2.27. The van der Waals surface area contributed by atoms with Gasteiger partial charge in [-0.15, -0.1) is 0 Å². The molecule has 1 aliphatic heterocycles. The first-order valence-electron chi connectivity index (χ1n) is 7.23. The molecular weight excluding hydrogens is 270 g/mol. The minimum Gasteiger partial charge on any atom is -0.444 e. The zero-order valence-electron chi connectivity index (χ0n) is 12.8. The molecule has 0 aromatic carbocycles. The normalized spacial score (nSPS) is 18.8. The van der Waals surface area contributed by atoms with Crippen LogP contribution in [-0.4, -0.2) is 53.0 Å². The Morgan fingerprint density at radius 1 is 1.48 bits per heavy atom. The van der Waals surface area contributed by atoms with Crippen molar-refractivity contribution in [3.8, 4) is 0 Å². The molecule has 116 valence electrons. The molecule has 1 saturated heterocycles. The molecule has 0 radical (unpaired) electrons. The number of Topliss-reactive ketones (excluding diaryl/α,β-unsaturated/α-hetero) is 1. The van der Waals surface area contributed by atoms with Gasteiger partial charge in [-0.25, -0.2) is 4.79 Å². The third-order valence-corrected chi connectivity index (χ3v) is 3.29. The number of ether oxygens (including phenoxy) is 1. The van der Waals surface area contributed by atoms with Crippen molar-refractivity contribution in [3.05, 3.63) is 24.0 Å². The van der Waals surface area contributed by atoms with Crippen LogP contribution in [0.2, 0.25) is 0 Å². The van der Waals surface area contributed by atoms with Crippen molar-refractivity contribution < 1.29 is 14.3 Å². The topological polar surface area (TPSA) is 74.4 Å². The molecule has 0 saturated carbocycles. The molecule has 2 rings (SSSR count). The van der Waals surface area contributed by atoms with E-state index in [2.05, 4.69) is 10.3 Å². The first-order valence-corrected chi connectivity index (χ1v) is 7.23. The largest absolute Gasteiger partial charge is 0.444 e. The number of rotatable bonds is 4. The number of carbonyl (C=O) groups is 2. The van der Waals surface area contributed by atoms with Crippen molar-refractivity contribution in [2.75, 3.05) is 19.6 Å². The number of likely N-dealkylation sites (tertiary alicyclic amines) is 1. The number of hydrogen-bond acceptors (Lipinski definition) is 4. The van der Waals surface area contributed by atoms with Gasteiger partial charge in [0.1, 0.15) is 5.60 Å². The lowest BCUT2D eigenvalue weighted by Gasteiger charge is -2.24. The average Bonchev–Trinajstić information content (AvgIpc) is 3.05. The summed E-state index contributed by atoms with van der Waals surface area (Å²) >= 11 is 0. The molecule has 1 atom stereocenters. The van der Waals surface area contributed by atoms with Crippen molar-refractivity contribution in [3.63, 3.8) is 0 Å². The Hall–Kier alpha value is -1.82. The van der Waals surface area contributed by atoms with Crippen LogP contribution in [0, 0.1) is 0 Å². The highest BCUT2D eigenvalue weighted by Gasteiger charge is 2.29. The summed E-state index contributed by atoms with van der Waals surface area (Å²) in [6.45, 7) is 7.06. The number of ketones is 1. The molecule has 21 heavy (non-hydrogen) atoms. The number of carbonyl (C=O) groups excluding carboxylic acids is 2. The van der Waals surface area contributed by atoms with Crippen LogP contribution in [0.1, 0.15) is 37.7 Å². The Labute approximate surface area is 124 Å². The quantitative estimate of drug-likeness (QED) is 0.830. The van der Waals surface area contributed by atoms with Gasteiger partial charge in [0, 0.05) is 25.3 Å². The van der Waals surface area contributed by atoms with Crippen molar-refractivity contribution >= 4 is 11.9 Å².